The summed E-state index contributed by atoms with van der Waals surface area (Å²) in [4.78, 5) is 14.8. The summed E-state index contributed by atoms with van der Waals surface area (Å²) in [5, 5.41) is 11.7. The monoisotopic (exact) mass is 426 g/mol. The van der Waals surface area contributed by atoms with E-state index in [1.54, 1.807) is 28.9 Å². The van der Waals surface area contributed by atoms with Crippen molar-refractivity contribution in [1.82, 2.24) is 25.1 Å². The number of rotatable bonds is 7. The highest BCUT2D eigenvalue weighted by Crippen LogP contribution is 2.29. The molecule has 2 atom stereocenters. The highest BCUT2D eigenvalue weighted by Gasteiger charge is 2.27. The van der Waals surface area contributed by atoms with Gasteiger partial charge in [0.2, 0.25) is 0 Å². The van der Waals surface area contributed by atoms with E-state index in [2.05, 4.69) is 15.5 Å². The van der Waals surface area contributed by atoms with Crippen molar-refractivity contribution in [1.29, 1.82) is 0 Å². The van der Waals surface area contributed by atoms with Crippen LogP contribution in [0, 0.1) is 0 Å². The zero-order valence-electron chi connectivity index (χ0n) is 16.4. The summed E-state index contributed by atoms with van der Waals surface area (Å²) in [6, 6.07) is 14.8. The zero-order chi connectivity index (χ0) is 20.9. The first kappa shape index (κ1) is 20.3. The molecule has 1 fully saturated rings. The number of carbonyl (C=O) groups excluding carboxylic acids is 1. The summed E-state index contributed by atoms with van der Waals surface area (Å²) in [7, 11) is 0. The van der Waals surface area contributed by atoms with Gasteiger partial charge in [0.1, 0.15) is 18.7 Å². The number of aromatic nitrogens is 4. The minimum Gasteiger partial charge on any atom is -0.492 e. The SMILES string of the molecule is NC(COc1ccc(C(=O)N2CCC(c3ccc(Cl)cc3)C2)cc1)Cn1cnnn1. The van der Waals surface area contributed by atoms with Gasteiger partial charge in [0.25, 0.3) is 5.91 Å². The molecule has 156 valence electrons. The molecule has 1 aliphatic heterocycles. The number of halogens is 1. The molecule has 1 aromatic heterocycles. The Hall–Kier alpha value is -2.97. The van der Waals surface area contributed by atoms with Gasteiger partial charge in [-0.25, -0.2) is 4.68 Å². The molecule has 0 saturated carbocycles. The van der Waals surface area contributed by atoms with Crippen molar-refractivity contribution in [3.8, 4) is 5.75 Å². The third kappa shape index (κ3) is 4.95. The van der Waals surface area contributed by atoms with Crippen molar-refractivity contribution in [3.05, 3.63) is 71.0 Å². The second-order valence-electron chi connectivity index (χ2n) is 7.42. The molecular weight excluding hydrogens is 404 g/mol. The molecule has 1 aliphatic rings. The van der Waals surface area contributed by atoms with Crippen molar-refractivity contribution >= 4 is 17.5 Å². The van der Waals surface area contributed by atoms with Gasteiger partial charge in [-0.3, -0.25) is 4.79 Å². The third-order valence-corrected chi connectivity index (χ3v) is 5.45. The maximum atomic E-state index is 12.9. The van der Waals surface area contributed by atoms with E-state index < -0.39 is 0 Å². The fourth-order valence-electron chi connectivity index (χ4n) is 3.59. The van der Waals surface area contributed by atoms with E-state index in [0.717, 1.165) is 18.0 Å². The van der Waals surface area contributed by atoms with Crippen LogP contribution in [0.4, 0.5) is 0 Å². The van der Waals surface area contributed by atoms with E-state index in [4.69, 9.17) is 22.1 Å². The van der Waals surface area contributed by atoms with Crippen LogP contribution >= 0.6 is 11.6 Å². The summed E-state index contributed by atoms with van der Waals surface area (Å²) in [5.41, 5.74) is 7.90. The van der Waals surface area contributed by atoms with Gasteiger partial charge in [-0.15, -0.1) is 5.10 Å². The Balaban J connectivity index is 1.29. The van der Waals surface area contributed by atoms with Gasteiger partial charge in [-0.2, -0.15) is 0 Å². The summed E-state index contributed by atoms with van der Waals surface area (Å²) >= 11 is 5.97. The fraction of sp³-hybridized carbons (Fsp3) is 0.333. The van der Waals surface area contributed by atoms with Gasteiger partial charge < -0.3 is 15.4 Å². The molecule has 2 aromatic carbocycles. The van der Waals surface area contributed by atoms with Gasteiger partial charge in [0.15, 0.2) is 0 Å². The van der Waals surface area contributed by atoms with E-state index in [0.29, 0.717) is 36.9 Å². The molecule has 1 saturated heterocycles. The topological polar surface area (TPSA) is 99.2 Å². The van der Waals surface area contributed by atoms with Crippen molar-refractivity contribution in [2.75, 3.05) is 19.7 Å². The zero-order valence-corrected chi connectivity index (χ0v) is 17.2. The van der Waals surface area contributed by atoms with E-state index in [9.17, 15) is 4.79 Å². The lowest BCUT2D eigenvalue weighted by Crippen LogP contribution is -2.32. The first-order valence-electron chi connectivity index (χ1n) is 9.82. The van der Waals surface area contributed by atoms with Crippen molar-refractivity contribution in [2.24, 2.45) is 5.73 Å². The molecule has 30 heavy (non-hydrogen) atoms. The largest absolute Gasteiger partial charge is 0.492 e. The Morgan fingerprint density at radius 1 is 1.20 bits per heavy atom. The average Bonchev–Trinajstić information content (AvgIpc) is 3.45. The standard InChI is InChI=1S/C21H23ClN6O2/c22-18-5-1-15(2-6-18)17-9-10-27(11-17)21(29)16-3-7-20(8-4-16)30-13-19(23)12-28-14-24-25-26-28/h1-8,14,17,19H,9-13,23H2. The Morgan fingerprint density at radius 3 is 2.67 bits per heavy atom. The summed E-state index contributed by atoms with van der Waals surface area (Å²) in [5.74, 6) is 1.04. The highest BCUT2D eigenvalue weighted by atomic mass is 35.5. The molecular formula is C21H23ClN6O2. The van der Waals surface area contributed by atoms with Gasteiger partial charge in [-0.1, -0.05) is 23.7 Å². The van der Waals surface area contributed by atoms with E-state index >= 15 is 0 Å². The predicted molar refractivity (Wildman–Crippen MR) is 112 cm³/mol. The fourth-order valence-corrected chi connectivity index (χ4v) is 3.71. The predicted octanol–water partition coefficient (Wildman–Crippen LogP) is 2.36. The number of carbonyl (C=O) groups is 1. The number of ether oxygens (including phenoxy) is 1. The molecule has 0 spiro atoms. The molecule has 3 aromatic rings. The Labute approximate surface area is 179 Å². The lowest BCUT2D eigenvalue weighted by molar-refractivity contribution is 0.0790. The van der Waals surface area contributed by atoms with Gasteiger partial charge in [0, 0.05) is 29.6 Å². The molecule has 2 N–H and O–H groups in total. The number of hydrogen-bond acceptors (Lipinski definition) is 6. The van der Waals surface area contributed by atoms with Crippen LogP contribution in [0.3, 0.4) is 0 Å². The number of hydrogen-bond donors (Lipinski definition) is 1. The number of benzene rings is 2. The van der Waals surface area contributed by atoms with Gasteiger partial charge in [0.05, 0.1) is 12.6 Å². The van der Waals surface area contributed by atoms with Crippen LogP contribution in [0.25, 0.3) is 0 Å². The highest BCUT2D eigenvalue weighted by molar-refractivity contribution is 6.30. The number of nitrogens with zero attached hydrogens (tertiary/aromatic N) is 5. The normalized spacial score (nSPS) is 17.1. The summed E-state index contributed by atoms with van der Waals surface area (Å²) < 4.78 is 7.28. The average molecular weight is 427 g/mol. The molecule has 9 heteroatoms. The maximum Gasteiger partial charge on any atom is 0.253 e. The van der Waals surface area contributed by atoms with E-state index in [-0.39, 0.29) is 11.9 Å². The molecule has 0 bridgehead atoms. The first-order valence-corrected chi connectivity index (χ1v) is 10.2. The van der Waals surface area contributed by atoms with Crippen molar-refractivity contribution < 1.29 is 9.53 Å². The number of nitrogens with two attached hydrogens (primary N) is 1. The Kier molecular flexibility index (Phi) is 6.25. The van der Waals surface area contributed by atoms with Gasteiger partial charge in [-0.05, 0) is 58.8 Å². The van der Waals surface area contributed by atoms with Crippen LogP contribution < -0.4 is 10.5 Å². The second-order valence-corrected chi connectivity index (χ2v) is 7.85. The third-order valence-electron chi connectivity index (χ3n) is 5.20. The lowest BCUT2D eigenvalue weighted by Gasteiger charge is -2.17. The van der Waals surface area contributed by atoms with Crippen LogP contribution in [-0.2, 0) is 6.54 Å². The van der Waals surface area contributed by atoms with E-state index in [1.165, 1.54) is 11.9 Å². The van der Waals surface area contributed by atoms with Gasteiger partial charge >= 0.3 is 0 Å². The summed E-state index contributed by atoms with van der Waals surface area (Å²) in [6.07, 6.45) is 2.46. The lowest BCUT2D eigenvalue weighted by atomic mass is 9.99. The Morgan fingerprint density at radius 2 is 1.97 bits per heavy atom. The second kappa shape index (κ2) is 9.23. The number of amides is 1. The molecule has 0 aliphatic carbocycles. The minimum absolute atomic E-state index is 0.0356. The molecule has 4 rings (SSSR count). The summed E-state index contributed by atoms with van der Waals surface area (Å²) in [6.45, 7) is 2.25. The number of tetrazole rings is 1. The molecule has 2 heterocycles. The van der Waals surface area contributed by atoms with Crippen molar-refractivity contribution in [3.63, 3.8) is 0 Å². The number of likely N-dealkylation sites (tertiary alicyclic amines) is 1. The smallest absolute Gasteiger partial charge is 0.253 e. The minimum atomic E-state index is -0.246. The molecule has 0 radical (unpaired) electrons. The quantitative estimate of drug-likeness (QED) is 0.622. The van der Waals surface area contributed by atoms with Crippen LogP contribution in [0.2, 0.25) is 5.02 Å². The van der Waals surface area contributed by atoms with Crippen LogP contribution in [-0.4, -0.2) is 56.8 Å². The van der Waals surface area contributed by atoms with Crippen LogP contribution in [0.15, 0.2) is 54.9 Å². The molecule has 8 nitrogen and oxygen atoms in total. The maximum absolute atomic E-state index is 12.9. The van der Waals surface area contributed by atoms with Crippen LogP contribution in [0.5, 0.6) is 5.75 Å². The Bertz CT molecular complexity index is 962. The van der Waals surface area contributed by atoms with E-state index in [1.807, 2.05) is 29.2 Å². The first-order chi connectivity index (χ1) is 14.6. The molecule has 2 unspecified atom stereocenters. The van der Waals surface area contributed by atoms with Crippen LogP contribution in [0.1, 0.15) is 28.3 Å². The molecule has 1 amide bonds. The van der Waals surface area contributed by atoms with Crippen molar-refractivity contribution in [2.45, 2.75) is 24.9 Å².